The number of nitrogens with zero attached hydrogens (tertiary/aromatic N) is 3. The van der Waals surface area contributed by atoms with E-state index in [1.54, 1.807) is 0 Å². The molecule has 1 amide bonds. The highest BCUT2D eigenvalue weighted by Crippen LogP contribution is 2.20. The molecule has 0 radical (unpaired) electrons. The SMILES string of the molecule is CCOc1ccc(-c2noc(CCC(=O)NCCCN3CCOCC3)n2)cc1. The molecule has 0 spiro atoms. The van der Waals surface area contributed by atoms with Gasteiger partial charge in [-0.1, -0.05) is 5.16 Å². The molecule has 1 aromatic carbocycles. The fraction of sp³-hybridized carbons (Fsp3) is 0.550. The molecule has 0 saturated carbocycles. The van der Waals surface area contributed by atoms with Crippen molar-refractivity contribution in [3.8, 4) is 17.1 Å². The third-order valence-electron chi connectivity index (χ3n) is 4.53. The zero-order chi connectivity index (χ0) is 19.6. The van der Waals surface area contributed by atoms with Gasteiger partial charge in [0.05, 0.1) is 19.8 Å². The number of carbonyl (C=O) groups is 1. The van der Waals surface area contributed by atoms with E-state index in [0.29, 0.717) is 37.7 Å². The molecule has 1 saturated heterocycles. The first-order valence-electron chi connectivity index (χ1n) is 9.87. The minimum absolute atomic E-state index is 0.00259. The van der Waals surface area contributed by atoms with E-state index >= 15 is 0 Å². The molecule has 2 heterocycles. The normalized spacial score (nSPS) is 14.8. The average Bonchev–Trinajstić information content (AvgIpc) is 3.20. The highest BCUT2D eigenvalue weighted by Gasteiger charge is 2.12. The quantitative estimate of drug-likeness (QED) is 0.622. The van der Waals surface area contributed by atoms with Crippen LogP contribution in [0.25, 0.3) is 11.4 Å². The van der Waals surface area contributed by atoms with Crippen LogP contribution in [0.4, 0.5) is 0 Å². The molecular formula is C20H28N4O4. The number of hydrogen-bond donors (Lipinski definition) is 1. The standard InChI is InChI=1S/C20H28N4O4/c1-2-27-17-6-4-16(5-7-17)20-22-19(28-23-20)9-8-18(25)21-10-3-11-24-12-14-26-15-13-24/h4-7H,2-3,8-15H2,1H3,(H,21,25). The molecule has 1 aliphatic rings. The summed E-state index contributed by atoms with van der Waals surface area (Å²) < 4.78 is 16.0. The maximum Gasteiger partial charge on any atom is 0.227 e. The summed E-state index contributed by atoms with van der Waals surface area (Å²) in [4.78, 5) is 18.7. The minimum atomic E-state index is 0.00259. The molecule has 0 unspecified atom stereocenters. The summed E-state index contributed by atoms with van der Waals surface area (Å²) in [5.41, 5.74) is 0.853. The van der Waals surface area contributed by atoms with Crippen molar-refractivity contribution in [3.63, 3.8) is 0 Å². The van der Waals surface area contributed by atoms with Crippen LogP contribution in [-0.2, 0) is 16.0 Å². The van der Waals surface area contributed by atoms with Crippen molar-refractivity contribution >= 4 is 5.91 Å². The summed E-state index contributed by atoms with van der Waals surface area (Å²) in [5.74, 6) is 1.79. The monoisotopic (exact) mass is 388 g/mol. The number of benzene rings is 1. The second kappa shape index (κ2) is 10.8. The first-order chi connectivity index (χ1) is 13.7. The minimum Gasteiger partial charge on any atom is -0.494 e. The van der Waals surface area contributed by atoms with Crippen molar-refractivity contribution in [1.82, 2.24) is 20.4 Å². The van der Waals surface area contributed by atoms with Gasteiger partial charge in [-0.25, -0.2) is 0 Å². The number of carbonyl (C=O) groups excluding carboxylic acids is 1. The Morgan fingerprint density at radius 1 is 1.25 bits per heavy atom. The second-order valence-corrected chi connectivity index (χ2v) is 6.63. The van der Waals surface area contributed by atoms with Crippen LogP contribution in [-0.4, -0.2) is 66.9 Å². The molecule has 152 valence electrons. The second-order valence-electron chi connectivity index (χ2n) is 6.63. The Morgan fingerprint density at radius 3 is 2.79 bits per heavy atom. The van der Waals surface area contributed by atoms with Crippen LogP contribution in [0.2, 0.25) is 0 Å². The highest BCUT2D eigenvalue weighted by molar-refractivity contribution is 5.75. The molecule has 1 fully saturated rings. The molecule has 0 bridgehead atoms. The van der Waals surface area contributed by atoms with Crippen LogP contribution >= 0.6 is 0 Å². The lowest BCUT2D eigenvalue weighted by Crippen LogP contribution is -2.38. The zero-order valence-corrected chi connectivity index (χ0v) is 16.4. The van der Waals surface area contributed by atoms with Gasteiger partial charge in [-0.05, 0) is 44.2 Å². The lowest BCUT2D eigenvalue weighted by Gasteiger charge is -2.26. The molecule has 0 aliphatic carbocycles. The van der Waals surface area contributed by atoms with Gasteiger partial charge in [0.2, 0.25) is 17.6 Å². The fourth-order valence-electron chi connectivity index (χ4n) is 3.00. The number of morpholine rings is 1. The molecular weight excluding hydrogens is 360 g/mol. The van der Waals surface area contributed by atoms with Crippen molar-refractivity contribution in [2.75, 3.05) is 46.0 Å². The number of rotatable bonds is 10. The number of aryl methyl sites for hydroxylation is 1. The number of ether oxygens (including phenoxy) is 2. The lowest BCUT2D eigenvalue weighted by atomic mass is 10.2. The van der Waals surface area contributed by atoms with Gasteiger partial charge in [-0.15, -0.1) is 0 Å². The van der Waals surface area contributed by atoms with Crippen molar-refractivity contribution in [1.29, 1.82) is 0 Å². The Balaban J connectivity index is 1.36. The summed E-state index contributed by atoms with van der Waals surface area (Å²) in [6.07, 6.45) is 1.70. The molecule has 8 nitrogen and oxygen atoms in total. The average molecular weight is 388 g/mol. The van der Waals surface area contributed by atoms with Crippen LogP contribution < -0.4 is 10.1 Å². The number of nitrogens with one attached hydrogen (secondary N) is 1. The summed E-state index contributed by atoms with van der Waals surface area (Å²) in [5, 5.41) is 6.94. The van der Waals surface area contributed by atoms with E-state index in [-0.39, 0.29) is 5.91 Å². The summed E-state index contributed by atoms with van der Waals surface area (Å²) in [6, 6.07) is 7.53. The van der Waals surface area contributed by atoms with Crippen LogP contribution in [0, 0.1) is 0 Å². The summed E-state index contributed by atoms with van der Waals surface area (Å²) in [6.45, 7) is 7.78. The topological polar surface area (TPSA) is 89.7 Å². The van der Waals surface area contributed by atoms with Gasteiger partial charge in [0, 0.05) is 38.0 Å². The van der Waals surface area contributed by atoms with Gasteiger partial charge in [-0.2, -0.15) is 4.98 Å². The van der Waals surface area contributed by atoms with Crippen LogP contribution in [0.15, 0.2) is 28.8 Å². The van der Waals surface area contributed by atoms with Gasteiger partial charge >= 0.3 is 0 Å². The van der Waals surface area contributed by atoms with Gasteiger partial charge in [0.1, 0.15) is 5.75 Å². The molecule has 28 heavy (non-hydrogen) atoms. The first kappa shape index (κ1) is 20.3. The fourth-order valence-corrected chi connectivity index (χ4v) is 3.00. The Bertz CT molecular complexity index is 726. The number of amides is 1. The van der Waals surface area contributed by atoms with Crippen molar-refractivity contribution in [2.24, 2.45) is 0 Å². The Labute approximate surface area is 165 Å². The largest absolute Gasteiger partial charge is 0.494 e. The maximum atomic E-state index is 12.0. The van der Waals surface area contributed by atoms with Crippen LogP contribution in [0.3, 0.4) is 0 Å². The highest BCUT2D eigenvalue weighted by atomic mass is 16.5. The molecule has 3 rings (SSSR count). The maximum absolute atomic E-state index is 12.0. The zero-order valence-electron chi connectivity index (χ0n) is 16.4. The van der Waals surface area contributed by atoms with Gasteiger partial charge in [0.15, 0.2) is 0 Å². The third-order valence-corrected chi connectivity index (χ3v) is 4.53. The van der Waals surface area contributed by atoms with E-state index in [0.717, 1.165) is 50.6 Å². The van der Waals surface area contributed by atoms with E-state index in [2.05, 4.69) is 20.4 Å². The molecule has 2 aromatic rings. The van der Waals surface area contributed by atoms with E-state index in [1.807, 2.05) is 31.2 Å². The summed E-state index contributed by atoms with van der Waals surface area (Å²) >= 11 is 0. The Hall–Kier alpha value is -2.45. The summed E-state index contributed by atoms with van der Waals surface area (Å²) in [7, 11) is 0. The van der Waals surface area contributed by atoms with Crippen molar-refractivity contribution in [2.45, 2.75) is 26.2 Å². The molecule has 1 N–H and O–H groups in total. The van der Waals surface area contributed by atoms with E-state index in [1.165, 1.54) is 0 Å². The van der Waals surface area contributed by atoms with Crippen molar-refractivity contribution < 1.29 is 18.8 Å². The van der Waals surface area contributed by atoms with E-state index in [4.69, 9.17) is 14.0 Å². The molecule has 1 aromatic heterocycles. The third kappa shape index (κ3) is 6.31. The van der Waals surface area contributed by atoms with Gasteiger partial charge in [-0.3, -0.25) is 9.69 Å². The Morgan fingerprint density at radius 2 is 2.04 bits per heavy atom. The Kier molecular flexibility index (Phi) is 7.81. The van der Waals surface area contributed by atoms with E-state index < -0.39 is 0 Å². The molecule has 1 aliphatic heterocycles. The van der Waals surface area contributed by atoms with Crippen LogP contribution in [0.5, 0.6) is 5.75 Å². The first-order valence-corrected chi connectivity index (χ1v) is 9.87. The number of aromatic nitrogens is 2. The lowest BCUT2D eigenvalue weighted by molar-refractivity contribution is -0.121. The predicted octanol–water partition coefficient (Wildman–Crippen LogP) is 1.91. The van der Waals surface area contributed by atoms with Gasteiger partial charge in [0.25, 0.3) is 0 Å². The molecule has 0 atom stereocenters. The van der Waals surface area contributed by atoms with Gasteiger partial charge < -0.3 is 19.3 Å². The smallest absolute Gasteiger partial charge is 0.227 e. The molecule has 8 heteroatoms. The number of hydrogen-bond acceptors (Lipinski definition) is 7. The van der Waals surface area contributed by atoms with Crippen molar-refractivity contribution in [3.05, 3.63) is 30.2 Å². The predicted molar refractivity (Wildman–Crippen MR) is 104 cm³/mol. The van der Waals surface area contributed by atoms with Crippen LogP contribution in [0.1, 0.15) is 25.7 Å². The van der Waals surface area contributed by atoms with E-state index in [9.17, 15) is 4.79 Å².